The van der Waals surface area contributed by atoms with Crippen molar-refractivity contribution in [3.63, 3.8) is 0 Å². The number of fused-ring (bicyclic) bond motifs is 2. The SMILES string of the molecule is Nc1c(C(=O)c2ccccc2)sc2nc(-c3cccc4ccccc34)cc(-c3cccs3)c12. The van der Waals surface area contributed by atoms with E-state index < -0.39 is 0 Å². The molecule has 0 amide bonds. The Morgan fingerprint density at radius 1 is 0.818 bits per heavy atom. The van der Waals surface area contributed by atoms with Gasteiger partial charge in [-0.3, -0.25) is 4.79 Å². The summed E-state index contributed by atoms with van der Waals surface area (Å²) in [6.45, 7) is 0. The molecule has 0 aliphatic carbocycles. The number of aromatic nitrogens is 1. The van der Waals surface area contributed by atoms with Crippen molar-refractivity contribution in [3.05, 3.63) is 107 Å². The number of nitrogens with zero attached hydrogens (tertiary/aromatic N) is 1. The normalized spacial score (nSPS) is 11.3. The van der Waals surface area contributed by atoms with Gasteiger partial charge in [0.25, 0.3) is 0 Å². The molecular formula is C28H18N2OS2. The molecule has 0 unspecified atom stereocenters. The minimum Gasteiger partial charge on any atom is -0.397 e. The lowest BCUT2D eigenvalue weighted by molar-refractivity contribution is 0.104. The molecule has 3 heterocycles. The summed E-state index contributed by atoms with van der Waals surface area (Å²) in [5.41, 5.74) is 10.7. The molecule has 158 valence electrons. The predicted molar refractivity (Wildman–Crippen MR) is 140 cm³/mol. The van der Waals surface area contributed by atoms with Crippen molar-refractivity contribution in [1.82, 2.24) is 4.98 Å². The number of thiophene rings is 2. The van der Waals surface area contributed by atoms with E-state index in [0.717, 1.165) is 37.3 Å². The van der Waals surface area contributed by atoms with Gasteiger partial charge in [0.1, 0.15) is 9.71 Å². The smallest absolute Gasteiger partial charge is 0.205 e. The second-order valence-electron chi connectivity index (χ2n) is 7.78. The van der Waals surface area contributed by atoms with E-state index in [2.05, 4.69) is 47.8 Å². The van der Waals surface area contributed by atoms with Crippen LogP contribution in [0, 0.1) is 0 Å². The van der Waals surface area contributed by atoms with Gasteiger partial charge in [-0.25, -0.2) is 4.98 Å². The van der Waals surface area contributed by atoms with Gasteiger partial charge in [0.2, 0.25) is 5.78 Å². The molecule has 0 saturated heterocycles. The lowest BCUT2D eigenvalue weighted by Gasteiger charge is -2.09. The number of pyridine rings is 1. The number of carbonyl (C=O) groups is 1. The van der Waals surface area contributed by atoms with Gasteiger partial charge in [-0.2, -0.15) is 0 Å². The maximum absolute atomic E-state index is 13.3. The van der Waals surface area contributed by atoms with Gasteiger partial charge in [-0.15, -0.1) is 22.7 Å². The highest BCUT2D eigenvalue weighted by atomic mass is 32.1. The van der Waals surface area contributed by atoms with E-state index in [4.69, 9.17) is 10.7 Å². The summed E-state index contributed by atoms with van der Waals surface area (Å²) in [6.07, 6.45) is 0. The highest BCUT2D eigenvalue weighted by Crippen LogP contribution is 2.43. The summed E-state index contributed by atoms with van der Waals surface area (Å²) in [6, 6.07) is 30.1. The first-order valence-corrected chi connectivity index (χ1v) is 12.2. The summed E-state index contributed by atoms with van der Waals surface area (Å²) in [5.74, 6) is -0.0695. The Balaban J connectivity index is 1.63. The van der Waals surface area contributed by atoms with Crippen LogP contribution in [0.15, 0.2) is 96.4 Å². The monoisotopic (exact) mass is 462 g/mol. The lowest BCUT2D eigenvalue weighted by atomic mass is 9.99. The van der Waals surface area contributed by atoms with Crippen LogP contribution in [0.3, 0.4) is 0 Å². The van der Waals surface area contributed by atoms with E-state index in [1.165, 1.54) is 16.7 Å². The molecule has 0 fully saturated rings. The maximum Gasteiger partial charge on any atom is 0.205 e. The molecule has 5 heteroatoms. The number of ketones is 1. The molecule has 6 aromatic rings. The minimum atomic E-state index is -0.0695. The first-order chi connectivity index (χ1) is 16.2. The fraction of sp³-hybridized carbons (Fsp3) is 0. The Hall–Kier alpha value is -3.80. The number of benzene rings is 3. The molecular weight excluding hydrogens is 444 g/mol. The Morgan fingerprint density at radius 2 is 1.61 bits per heavy atom. The number of rotatable bonds is 4. The molecule has 2 N–H and O–H groups in total. The van der Waals surface area contributed by atoms with Gasteiger partial charge in [0.05, 0.1) is 11.4 Å². The second kappa shape index (κ2) is 7.96. The van der Waals surface area contributed by atoms with Crippen LogP contribution >= 0.6 is 22.7 Å². The van der Waals surface area contributed by atoms with E-state index in [1.54, 1.807) is 11.3 Å². The van der Waals surface area contributed by atoms with E-state index in [0.29, 0.717) is 16.1 Å². The molecule has 0 aliphatic rings. The van der Waals surface area contributed by atoms with Crippen molar-refractivity contribution in [2.45, 2.75) is 0 Å². The Kier molecular flexibility index (Phi) is 4.79. The third-order valence-corrected chi connectivity index (χ3v) is 7.79. The molecule has 6 rings (SSSR count). The standard InChI is InChI=1S/C28H18N2OS2/c29-25-24-21(23-14-7-15-32-23)16-22(20-13-6-11-17-8-4-5-12-19(17)20)30-28(24)33-27(25)26(31)18-9-2-1-3-10-18/h1-16H,29H2. The van der Waals surface area contributed by atoms with Crippen LogP contribution in [0.2, 0.25) is 0 Å². The van der Waals surface area contributed by atoms with Gasteiger partial charge >= 0.3 is 0 Å². The number of hydrogen-bond donors (Lipinski definition) is 1. The van der Waals surface area contributed by atoms with Crippen LogP contribution in [0.25, 0.3) is 42.7 Å². The molecule has 0 spiro atoms. The summed E-state index contributed by atoms with van der Waals surface area (Å²) >= 11 is 3.03. The Morgan fingerprint density at radius 3 is 2.42 bits per heavy atom. The third-order valence-electron chi connectivity index (χ3n) is 5.79. The molecule has 33 heavy (non-hydrogen) atoms. The highest BCUT2D eigenvalue weighted by molar-refractivity contribution is 7.21. The summed E-state index contributed by atoms with van der Waals surface area (Å²) in [4.78, 5) is 20.7. The first kappa shape index (κ1) is 19.9. The van der Waals surface area contributed by atoms with Gasteiger partial charge in [0, 0.05) is 27.0 Å². The Bertz CT molecular complexity index is 1630. The molecule has 3 nitrogen and oxygen atoms in total. The summed E-state index contributed by atoms with van der Waals surface area (Å²) < 4.78 is 0. The van der Waals surface area contributed by atoms with E-state index >= 15 is 0 Å². The van der Waals surface area contributed by atoms with Crippen LogP contribution in [-0.2, 0) is 0 Å². The minimum absolute atomic E-state index is 0.0695. The van der Waals surface area contributed by atoms with Crippen LogP contribution in [0.4, 0.5) is 5.69 Å². The number of anilines is 1. The zero-order chi connectivity index (χ0) is 22.4. The van der Waals surface area contributed by atoms with Crippen LogP contribution in [0.5, 0.6) is 0 Å². The largest absolute Gasteiger partial charge is 0.397 e. The molecule has 0 aliphatic heterocycles. The quantitative estimate of drug-likeness (QED) is 0.274. The zero-order valence-electron chi connectivity index (χ0n) is 17.5. The van der Waals surface area contributed by atoms with Gasteiger partial charge in [0.15, 0.2) is 0 Å². The van der Waals surface area contributed by atoms with Gasteiger partial charge < -0.3 is 5.73 Å². The molecule has 3 aromatic carbocycles. The van der Waals surface area contributed by atoms with Crippen LogP contribution in [-0.4, -0.2) is 10.8 Å². The van der Waals surface area contributed by atoms with Crippen molar-refractivity contribution in [2.75, 3.05) is 5.73 Å². The fourth-order valence-corrected chi connectivity index (χ4v) is 6.05. The molecule has 3 aromatic heterocycles. The van der Waals surface area contributed by atoms with Crippen LogP contribution in [0.1, 0.15) is 15.2 Å². The first-order valence-electron chi connectivity index (χ1n) is 10.6. The van der Waals surface area contributed by atoms with E-state index in [1.807, 2.05) is 48.5 Å². The van der Waals surface area contributed by atoms with Crippen molar-refractivity contribution in [2.24, 2.45) is 0 Å². The number of carbonyl (C=O) groups excluding carboxylic acids is 1. The van der Waals surface area contributed by atoms with Gasteiger partial charge in [-0.05, 0) is 28.3 Å². The summed E-state index contributed by atoms with van der Waals surface area (Å²) in [7, 11) is 0. The third kappa shape index (κ3) is 3.33. The Labute approximate surface area is 198 Å². The second-order valence-corrected chi connectivity index (χ2v) is 9.73. The lowest BCUT2D eigenvalue weighted by Crippen LogP contribution is -2.01. The molecule has 0 bridgehead atoms. The van der Waals surface area contributed by atoms with Crippen LogP contribution < -0.4 is 5.73 Å². The van der Waals surface area contributed by atoms with Crippen molar-refractivity contribution in [1.29, 1.82) is 0 Å². The average Bonchev–Trinajstić information content (AvgIpc) is 3.52. The topological polar surface area (TPSA) is 56.0 Å². The zero-order valence-corrected chi connectivity index (χ0v) is 19.1. The molecule has 0 saturated carbocycles. The highest BCUT2D eigenvalue weighted by Gasteiger charge is 2.23. The average molecular weight is 463 g/mol. The van der Waals surface area contributed by atoms with Crippen molar-refractivity contribution < 1.29 is 4.79 Å². The van der Waals surface area contributed by atoms with Crippen molar-refractivity contribution >= 4 is 55.1 Å². The predicted octanol–water partition coefficient (Wildman–Crippen LogP) is 7.66. The van der Waals surface area contributed by atoms with Crippen molar-refractivity contribution in [3.8, 4) is 21.7 Å². The number of nitrogens with two attached hydrogens (primary N) is 1. The van der Waals surface area contributed by atoms with E-state index in [-0.39, 0.29) is 5.78 Å². The molecule has 0 atom stereocenters. The van der Waals surface area contributed by atoms with Gasteiger partial charge in [-0.1, -0.05) is 78.9 Å². The molecule has 0 radical (unpaired) electrons. The number of hydrogen-bond acceptors (Lipinski definition) is 5. The van der Waals surface area contributed by atoms with E-state index in [9.17, 15) is 4.79 Å². The number of nitrogen functional groups attached to an aromatic ring is 1. The summed E-state index contributed by atoms with van der Waals surface area (Å²) in [5, 5.41) is 5.22. The fourth-order valence-electron chi connectivity index (χ4n) is 4.22. The maximum atomic E-state index is 13.3.